The molecule has 0 aliphatic carbocycles. The number of nitrogens with zero attached hydrogens (tertiary/aromatic N) is 1. The van der Waals surface area contributed by atoms with E-state index in [0.29, 0.717) is 17.2 Å². The van der Waals surface area contributed by atoms with Gasteiger partial charge in [-0.25, -0.2) is 4.98 Å². The van der Waals surface area contributed by atoms with Crippen molar-refractivity contribution in [2.45, 2.75) is 0 Å². The molecule has 4 aromatic rings. The van der Waals surface area contributed by atoms with Gasteiger partial charge in [-0.15, -0.1) is 0 Å². The Morgan fingerprint density at radius 1 is 0.731 bits per heavy atom. The van der Waals surface area contributed by atoms with Gasteiger partial charge >= 0.3 is 0 Å². The molecule has 5 heteroatoms. The molecular formula is C21H15NO4. The molecule has 0 aliphatic rings. The van der Waals surface area contributed by atoms with Crippen molar-refractivity contribution in [1.82, 2.24) is 4.98 Å². The minimum Gasteiger partial charge on any atom is -0.504 e. The third-order valence-corrected chi connectivity index (χ3v) is 3.85. The molecule has 1 heterocycles. The Morgan fingerprint density at radius 2 is 1.42 bits per heavy atom. The van der Waals surface area contributed by atoms with Crippen LogP contribution in [-0.4, -0.2) is 15.2 Å². The van der Waals surface area contributed by atoms with Crippen molar-refractivity contribution >= 4 is 0 Å². The second-order valence-corrected chi connectivity index (χ2v) is 5.67. The Bertz CT molecular complexity index is 1020. The van der Waals surface area contributed by atoms with Gasteiger partial charge in [0.05, 0.1) is 6.20 Å². The number of oxazole rings is 1. The number of aromatic hydroxyl groups is 2. The first-order chi connectivity index (χ1) is 12.7. The lowest BCUT2D eigenvalue weighted by Gasteiger charge is -2.05. The van der Waals surface area contributed by atoms with Crippen LogP contribution in [0.2, 0.25) is 0 Å². The fourth-order valence-corrected chi connectivity index (χ4v) is 2.51. The predicted molar refractivity (Wildman–Crippen MR) is 97.2 cm³/mol. The van der Waals surface area contributed by atoms with Crippen molar-refractivity contribution in [2.24, 2.45) is 0 Å². The highest BCUT2D eigenvalue weighted by Gasteiger charge is 2.11. The van der Waals surface area contributed by atoms with E-state index in [9.17, 15) is 10.2 Å². The van der Waals surface area contributed by atoms with Gasteiger partial charge in [-0.3, -0.25) is 0 Å². The zero-order chi connectivity index (χ0) is 17.9. The molecule has 128 valence electrons. The molecule has 1 aromatic heterocycles. The van der Waals surface area contributed by atoms with Crippen LogP contribution in [0.3, 0.4) is 0 Å². The van der Waals surface area contributed by atoms with Crippen LogP contribution >= 0.6 is 0 Å². The molecule has 4 rings (SSSR count). The molecule has 0 bridgehead atoms. The van der Waals surface area contributed by atoms with Gasteiger partial charge in [-0.2, -0.15) is 0 Å². The summed E-state index contributed by atoms with van der Waals surface area (Å²) in [7, 11) is 0. The number of hydrogen-bond donors (Lipinski definition) is 2. The van der Waals surface area contributed by atoms with Gasteiger partial charge in [0, 0.05) is 11.1 Å². The van der Waals surface area contributed by atoms with Crippen LogP contribution in [0, 0.1) is 0 Å². The number of phenolic OH excluding ortho intramolecular Hbond substituents is 2. The lowest BCUT2D eigenvalue weighted by Crippen LogP contribution is -1.83. The van der Waals surface area contributed by atoms with Crippen LogP contribution < -0.4 is 4.74 Å². The van der Waals surface area contributed by atoms with Crippen molar-refractivity contribution in [3.05, 3.63) is 79.0 Å². The van der Waals surface area contributed by atoms with Gasteiger partial charge in [0.1, 0.15) is 11.5 Å². The quantitative estimate of drug-likeness (QED) is 0.496. The van der Waals surface area contributed by atoms with E-state index in [0.717, 1.165) is 17.1 Å². The molecule has 2 N–H and O–H groups in total. The fraction of sp³-hybridized carbons (Fsp3) is 0. The number of para-hydroxylation sites is 1. The Kier molecular flexibility index (Phi) is 4.03. The minimum atomic E-state index is -0.218. The summed E-state index contributed by atoms with van der Waals surface area (Å²) in [5.74, 6) is 2.05. The molecule has 0 radical (unpaired) electrons. The fourth-order valence-electron chi connectivity index (χ4n) is 2.51. The zero-order valence-corrected chi connectivity index (χ0v) is 13.7. The van der Waals surface area contributed by atoms with Crippen molar-refractivity contribution in [1.29, 1.82) is 0 Å². The molecule has 0 saturated carbocycles. The summed E-state index contributed by atoms with van der Waals surface area (Å²) >= 11 is 0. The van der Waals surface area contributed by atoms with Gasteiger partial charge in [0.2, 0.25) is 5.89 Å². The maximum Gasteiger partial charge on any atom is 0.226 e. The second-order valence-electron chi connectivity index (χ2n) is 5.67. The molecule has 3 aromatic carbocycles. The molecular weight excluding hydrogens is 330 g/mol. The average molecular weight is 345 g/mol. The van der Waals surface area contributed by atoms with Crippen molar-refractivity contribution in [3.63, 3.8) is 0 Å². The highest BCUT2D eigenvalue weighted by atomic mass is 16.5. The molecule has 0 unspecified atom stereocenters. The summed E-state index contributed by atoms with van der Waals surface area (Å²) in [5, 5.41) is 19.0. The molecule has 0 saturated heterocycles. The Labute approximate surface area is 149 Å². The normalized spacial score (nSPS) is 10.6. The molecule has 0 spiro atoms. The Hall–Kier alpha value is -3.73. The van der Waals surface area contributed by atoms with E-state index in [-0.39, 0.29) is 11.5 Å². The third-order valence-electron chi connectivity index (χ3n) is 3.85. The van der Waals surface area contributed by atoms with E-state index < -0.39 is 0 Å². The molecule has 26 heavy (non-hydrogen) atoms. The zero-order valence-electron chi connectivity index (χ0n) is 13.7. The number of phenols is 2. The van der Waals surface area contributed by atoms with Crippen LogP contribution in [0.1, 0.15) is 0 Å². The summed E-state index contributed by atoms with van der Waals surface area (Å²) in [6.07, 6.45) is 1.62. The summed E-state index contributed by atoms with van der Waals surface area (Å²) < 4.78 is 11.5. The van der Waals surface area contributed by atoms with Crippen LogP contribution in [-0.2, 0) is 0 Å². The number of benzene rings is 3. The van der Waals surface area contributed by atoms with Gasteiger partial charge in [0.15, 0.2) is 17.3 Å². The lowest BCUT2D eigenvalue weighted by molar-refractivity contribution is 0.404. The number of ether oxygens (including phenoxy) is 1. The molecule has 0 amide bonds. The maximum absolute atomic E-state index is 9.60. The SMILES string of the molecule is Oc1ccc(-c2ncc(-c3ccc(Oc4ccccc4)cc3)o2)cc1O. The average Bonchev–Trinajstić information content (AvgIpc) is 3.16. The van der Waals surface area contributed by atoms with Crippen LogP contribution in [0.4, 0.5) is 0 Å². The van der Waals surface area contributed by atoms with Gasteiger partial charge < -0.3 is 19.4 Å². The maximum atomic E-state index is 9.60. The Balaban J connectivity index is 1.55. The molecule has 0 atom stereocenters. The second kappa shape index (κ2) is 6.64. The lowest BCUT2D eigenvalue weighted by atomic mass is 10.2. The summed E-state index contributed by atoms with van der Waals surface area (Å²) in [5.41, 5.74) is 1.43. The summed E-state index contributed by atoms with van der Waals surface area (Å²) in [6.45, 7) is 0. The van der Waals surface area contributed by atoms with Gasteiger partial charge in [-0.05, 0) is 54.6 Å². The van der Waals surface area contributed by atoms with E-state index in [1.807, 2.05) is 54.6 Å². The van der Waals surface area contributed by atoms with Crippen LogP contribution in [0.25, 0.3) is 22.8 Å². The first-order valence-corrected chi connectivity index (χ1v) is 8.00. The molecule has 0 aliphatic heterocycles. The third kappa shape index (κ3) is 3.23. The van der Waals surface area contributed by atoms with Gasteiger partial charge in [-0.1, -0.05) is 18.2 Å². The van der Waals surface area contributed by atoms with Crippen molar-refractivity contribution in [3.8, 4) is 45.8 Å². The standard InChI is InChI=1S/C21H15NO4/c23-18-11-8-15(12-19(18)24)21-22-13-20(26-21)14-6-9-17(10-7-14)25-16-4-2-1-3-5-16/h1-13,23-24H. The smallest absolute Gasteiger partial charge is 0.226 e. The van der Waals surface area contributed by atoms with E-state index in [1.165, 1.54) is 12.1 Å². The summed E-state index contributed by atoms with van der Waals surface area (Å²) in [6, 6.07) is 21.5. The van der Waals surface area contributed by atoms with Crippen LogP contribution in [0.15, 0.2) is 83.4 Å². The monoisotopic (exact) mass is 345 g/mol. The van der Waals surface area contributed by atoms with E-state index in [2.05, 4.69) is 4.98 Å². The number of rotatable bonds is 4. The molecule has 0 fully saturated rings. The highest BCUT2D eigenvalue weighted by Crippen LogP contribution is 2.32. The van der Waals surface area contributed by atoms with Crippen LogP contribution in [0.5, 0.6) is 23.0 Å². The van der Waals surface area contributed by atoms with Crippen molar-refractivity contribution in [2.75, 3.05) is 0 Å². The van der Waals surface area contributed by atoms with Gasteiger partial charge in [0.25, 0.3) is 0 Å². The summed E-state index contributed by atoms with van der Waals surface area (Å²) in [4.78, 5) is 4.23. The largest absolute Gasteiger partial charge is 0.504 e. The first-order valence-electron chi connectivity index (χ1n) is 8.00. The van der Waals surface area contributed by atoms with E-state index >= 15 is 0 Å². The topological polar surface area (TPSA) is 75.7 Å². The first kappa shape index (κ1) is 15.8. The molecule has 5 nitrogen and oxygen atoms in total. The van der Waals surface area contributed by atoms with Crippen molar-refractivity contribution < 1.29 is 19.4 Å². The highest BCUT2D eigenvalue weighted by molar-refractivity contribution is 5.63. The van der Waals surface area contributed by atoms with E-state index in [4.69, 9.17) is 9.15 Å². The Morgan fingerprint density at radius 3 is 2.15 bits per heavy atom. The van der Waals surface area contributed by atoms with E-state index in [1.54, 1.807) is 12.3 Å². The number of hydrogen-bond acceptors (Lipinski definition) is 5. The minimum absolute atomic E-state index is 0.186. The number of aromatic nitrogens is 1. The predicted octanol–water partition coefficient (Wildman–Crippen LogP) is 5.21.